The minimum absolute atomic E-state index is 0.0000946. The molecule has 0 radical (unpaired) electrons. The number of aryl methyl sites for hydroxylation is 2. The van der Waals surface area contributed by atoms with Crippen LogP contribution in [0.5, 0.6) is 11.5 Å². The number of ether oxygens (including phenoxy) is 2. The fourth-order valence-electron chi connectivity index (χ4n) is 5.25. The predicted molar refractivity (Wildman–Crippen MR) is 144 cm³/mol. The molecule has 2 aliphatic heterocycles. The number of nitrogens with zero attached hydrogens (tertiary/aromatic N) is 2. The number of aromatic nitrogens is 2. The standard InChI is InChI=1S/C30H27N3O5/c1-15-11-22-23(12-16(15)2)32-30(31-22)33-26(18-5-8-21(37-4)9-6-18)25(28(35)29(33)36)27(34)19-7-10-24-20(14-19)13-17(3)38-24/h5-12,14,17,26,34H,13H2,1-4H3,(H,31,32)/b27-25+. The van der Waals surface area contributed by atoms with Gasteiger partial charge in [0.2, 0.25) is 5.95 Å². The summed E-state index contributed by atoms with van der Waals surface area (Å²) < 4.78 is 11.1. The molecule has 1 saturated heterocycles. The van der Waals surface area contributed by atoms with E-state index in [2.05, 4.69) is 9.97 Å². The number of aromatic amines is 1. The quantitative estimate of drug-likeness (QED) is 0.224. The van der Waals surface area contributed by atoms with E-state index in [0.717, 1.165) is 28.0 Å². The molecule has 38 heavy (non-hydrogen) atoms. The zero-order valence-corrected chi connectivity index (χ0v) is 21.5. The van der Waals surface area contributed by atoms with Crippen LogP contribution < -0.4 is 14.4 Å². The maximum absolute atomic E-state index is 13.5. The fourth-order valence-corrected chi connectivity index (χ4v) is 5.25. The molecular weight excluding hydrogens is 482 g/mol. The van der Waals surface area contributed by atoms with E-state index in [4.69, 9.17) is 9.47 Å². The molecule has 0 aliphatic carbocycles. The van der Waals surface area contributed by atoms with Crippen molar-refractivity contribution in [2.75, 3.05) is 12.0 Å². The Morgan fingerprint density at radius 3 is 2.55 bits per heavy atom. The first-order chi connectivity index (χ1) is 18.2. The van der Waals surface area contributed by atoms with Crippen molar-refractivity contribution in [1.82, 2.24) is 9.97 Å². The van der Waals surface area contributed by atoms with Crippen molar-refractivity contribution < 1.29 is 24.2 Å². The highest BCUT2D eigenvalue weighted by molar-refractivity contribution is 6.51. The predicted octanol–water partition coefficient (Wildman–Crippen LogP) is 5.14. The number of hydrogen-bond donors (Lipinski definition) is 2. The first-order valence-electron chi connectivity index (χ1n) is 12.5. The number of hydrogen-bond acceptors (Lipinski definition) is 6. The maximum atomic E-state index is 13.5. The number of rotatable bonds is 4. The lowest BCUT2D eigenvalue weighted by Gasteiger charge is -2.23. The molecule has 4 aromatic rings. The topological polar surface area (TPSA) is 105 Å². The third kappa shape index (κ3) is 3.72. The molecule has 192 valence electrons. The summed E-state index contributed by atoms with van der Waals surface area (Å²) in [5.41, 5.74) is 5.62. The average Bonchev–Trinajstić information content (AvgIpc) is 3.56. The molecule has 1 aromatic heterocycles. The molecular formula is C30H27N3O5. The van der Waals surface area contributed by atoms with Gasteiger partial charge in [-0.3, -0.25) is 14.5 Å². The smallest absolute Gasteiger partial charge is 0.302 e. The van der Waals surface area contributed by atoms with Crippen LogP contribution in [0, 0.1) is 13.8 Å². The third-order valence-corrected chi connectivity index (χ3v) is 7.36. The molecule has 2 atom stereocenters. The highest BCUT2D eigenvalue weighted by atomic mass is 16.5. The molecule has 8 nitrogen and oxygen atoms in total. The summed E-state index contributed by atoms with van der Waals surface area (Å²) >= 11 is 0. The fraction of sp³-hybridized carbons (Fsp3) is 0.233. The number of nitrogens with one attached hydrogen (secondary N) is 1. The molecule has 0 saturated carbocycles. The monoisotopic (exact) mass is 509 g/mol. The summed E-state index contributed by atoms with van der Waals surface area (Å²) in [5.74, 6) is -0.151. The summed E-state index contributed by atoms with van der Waals surface area (Å²) in [6.45, 7) is 5.97. The Balaban J connectivity index is 1.53. The summed E-state index contributed by atoms with van der Waals surface area (Å²) in [7, 11) is 1.57. The molecule has 1 amide bonds. The van der Waals surface area contributed by atoms with Crippen LogP contribution in [0.1, 0.15) is 40.8 Å². The molecule has 8 heteroatoms. The molecule has 2 N–H and O–H groups in total. The van der Waals surface area contributed by atoms with Gasteiger partial charge in [-0.05, 0) is 85.5 Å². The molecule has 2 unspecified atom stereocenters. The molecule has 0 spiro atoms. The number of imidazole rings is 1. The number of anilines is 1. The number of carbonyl (C=O) groups excluding carboxylic acids is 2. The lowest BCUT2D eigenvalue weighted by molar-refractivity contribution is -0.132. The number of fused-ring (bicyclic) bond motifs is 2. The Hall–Kier alpha value is -4.59. The Labute approximate surface area is 219 Å². The Bertz CT molecular complexity index is 1610. The summed E-state index contributed by atoms with van der Waals surface area (Å²) in [6, 6.07) is 15.4. The lowest BCUT2D eigenvalue weighted by atomic mass is 9.94. The van der Waals surface area contributed by atoms with E-state index in [0.29, 0.717) is 28.8 Å². The summed E-state index contributed by atoms with van der Waals surface area (Å²) in [4.78, 5) is 36.3. The van der Waals surface area contributed by atoms with E-state index in [1.54, 1.807) is 43.5 Å². The van der Waals surface area contributed by atoms with Crippen molar-refractivity contribution in [3.8, 4) is 11.5 Å². The number of ketones is 1. The zero-order chi connectivity index (χ0) is 26.7. The van der Waals surface area contributed by atoms with Crippen LogP contribution >= 0.6 is 0 Å². The van der Waals surface area contributed by atoms with Crippen LogP contribution in [0.15, 0.2) is 60.2 Å². The number of carbonyl (C=O) groups is 2. The van der Waals surface area contributed by atoms with Gasteiger partial charge in [-0.15, -0.1) is 0 Å². The van der Waals surface area contributed by atoms with Gasteiger partial charge in [-0.1, -0.05) is 12.1 Å². The number of amides is 1. The van der Waals surface area contributed by atoms with Crippen LogP contribution in [-0.4, -0.2) is 40.0 Å². The number of aliphatic hydroxyl groups excluding tert-OH is 1. The van der Waals surface area contributed by atoms with Crippen LogP contribution in [0.2, 0.25) is 0 Å². The largest absolute Gasteiger partial charge is 0.507 e. The molecule has 3 heterocycles. The molecule has 2 aliphatic rings. The Morgan fingerprint density at radius 2 is 1.82 bits per heavy atom. The van der Waals surface area contributed by atoms with Crippen molar-refractivity contribution >= 4 is 34.4 Å². The van der Waals surface area contributed by atoms with Gasteiger partial charge in [0.05, 0.1) is 29.8 Å². The molecule has 3 aromatic carbocycles. The van der Waals surface area contributed by atoms with Gasteiger partial charge in [0.15, 0.2) is 0 Å². The van der Waals surface area contributed by atoms with Crippen molar-refractivity contribution in [3.05, 3.63) is 88.0 Å². The Morgan fingerprint density at radius 1 is 1.08 bits per heavy atom. The van der Waals surface area contributed by atoms with Gasteiger partial charge in [-0.2, -0.15) is 0 Å². The minimum atomic E-state index is -0.896. The first kappa shape index (κ1) is 23.8. The molecule has 0 bridgehead atoms. The van der Waals surface area contributed by atoms with Crippen LogP contribution in [0.3, 0.4) is 0 Å². The van der Waals surface area contributed by atoms with E-state index >= 15 is 0 Å². The second-order valence-corrected chi connectivity index (χ2v) is 9.91. The van der Waals surface area contributed by atoms with Crippen molar-refractivity contribution in [2.45, 2.75) is 39.3 Å². The molecule has 1 fully saturated rings. The van der Waals surface area contributed by atoms with Gasteiger partial charge in [-0.25, -0.2) is 4.98 Å². The summed E-state index contributed by atoms with van der Waals surface area (Å²) in [5, 5.41) is 11.5. The first-order valence-corrected chi connectivity index (χ1v) is 12.5. The number of Topliss-reactive ketones (excluding diaryl/α,β-unsaturated/α-hetero) is 1. The normalized spacial score (nSPS) is 20.2. The van der Waals surface area contributed by atoms with Crippen LogP contribution in [-0.2, 0) is 16.0 Å². The lowest BCUT2D eigenvalue weighted by Crippen LogP contribution is -2.30. The number of benzene rings is 3. The SMILES string of the molecule is COc1ccc(C2/C(=C(\O)c3ccc4c(c3)CC(C)O4)C(=O)C(=O)N2c2nc3cc(C)c(C)cc3[nH]2)cc1. The highest BCUT2D eigenvalue weighted by Crippen LogP contribution is 2.43. The third-order valence-electron chi connectivity index (χ3n) is 7.36. The minimum Gasteiger partial charge on any atom is -0.507 e. The number of H-pyrrole nitrogens is 1. The van der Waals surface area contributed by atoms with Gasteiger partial charge in [0.25, 0.3) is 5.78 Å². The van der Waals surface area contributed by atoms with E-state index in [9.17, 15) is 14.7 Å². The molecule has 6 rings (SSSR count). The van der Waals surface area contributed by atoms with E-state index in [1.165, 1.54) is 4.90 Å². The van der Waals surface area contributed by atoms with E-state index in [1.807, 2.05) is 39.0 Å². The van der Waals surface area contributed by atoms with Gasteiger partial charge >= 0.3 is 5.91 Å². The average molecular weight is 510 g/mol. The van der Waals surface area contributed by atoms with Crippen LogP contribution in [0.25, 0.3) is 16.8 Å². The number of methoxy groups -OCH3 is 1. The number of aliphatic hydroxyl groups is 1. The van der Waals surface area contributed by atoms with E-state index in [-0.39, 0.29) is 23.4 Å². The maximum Gasteiger partial charge on any atom is 0.302 e. The Kier molecular flexibility index (Phi) is 5.48. The van der Waals surface area contributed by atoms with Gasteiger partial charge < -0.3 is 19.6 Å². The van der Waals surface area contributed by atoms with E-state index < -0.39 is 17.7 Å². The van der Waals surface area contributed by atoms with Crippen molar-refractivity contribution in [3.63, 3.8) is 0 Å². The zero-order valence-electron chi connectivity index (χ0n) is 21.5. The van der Waals surface area contributed by atoms with Crippen molar-refractivity contribution in [2.24, 2.45) is 0 Å². The highest BCUT2D eigenvalue weighted by Gasteiger charge is 2.48. The second kappa shape index (κ2) is 8.76. The second-order valence-electron chi connectivity index (χ2n) is 9.91. The van der Waals surface area contributed by atoms with Crippen LogP contribution in [0.4, 0.5) is 5.95 Å². The van der Waals surface area contributed by atoms with Crippen molar-refractivity contribution in [1.29, 1.82) is 0 Å². The van der Waals surface area contributed by atoms with Gasteiger partial charge in [0, 0.05) is 12.0 Å². The summed E-state index contributed by atoms with van der Waals surface area (Å²) in [6.07, 6.45) is 0.734. The van der Waals surface area contributed by atoms with Gasteiger partial charge in [0.1, 0.15) is 23.4 Å².